The highest BCUT2D eigenvalue weighted by atomic mass is 79.9. The van der Waals surface area contributed by atoms with Gasteiger partial charge in [0.1, 0.15) is 7.85 Å². The van der Waals surface area contributed by atoms with Gasteiger partial charge >= 0.3 is 0 Å². The molecule has 2 nitrogen and oxygen atoms in total. The maximum Gasteiger partial charge on any atom is 0.142 e. The highest BCUT2D eigenvalue weighted by Crippen LogP contribution is 2.11. The molecule has 1 aromatic rings. The minimum atomic E-state index is -0.0831. The summed E-state index contributed by atoms with van der Waals surface area (Å²) in [4.78, 5) is 3.80. The maximum absolute atomic E-state index is 8.75. The van der Waals surface area contributed by atoms with Gasteiger partial charge in [0, 0.05) is 16.2 Å². The number of aliphatic hydroxyl groups excluding tert-OH is 1. The molecule has 0 spiro atoms. The van der Waals surface area contributed by atoms with Gasteiger partial charge in [-0.25, -0.2) is 0 Å². The van der Waals surface area contributed by atoms with Crippen LogP contribution in [-0.2, 0) is 6.61 Å². The van der Waals surface area contributed by atoms with Crippen LogP contribution in [0.4, 0.5) is 0 Å². The first-order valence-electron chi connectivity index (χ1n) is 2.75. The van der Waals surface area contributed by atoms with Crippen LogP contribution in [0.5, 0.6) is 0 Å². The molecule has 1 rings (SSSR count). The van der Waals surface area contributed by atoms with Gasteiger partial charge in [0.05, 0.1) is 6.61 Å². The zero-order chi connectivity index (χ0) is 7.56. The molecule has 0 fully saturated rings. The fourth-order valence-electron chi connectivity index (χ4n) is 0.640. The van der Waals surface area contributed by atoms with E-state index in [1.807, 2.05) is 0 Å². The molecule has 50 valence electrons. The van der Waals surface area contributed by atoms with Crippen molar-refractivity contribution in [3.05, 3.63) is 22.3 Å². The molecule has 0 aromatic carbocycles. The van der Waals surface area contributed by atoms with Gasteiger partial charge in [-0.3, -0.25) is 4.98 Å². The Labute approximate surface area is 68.8 Å². The average Bonchev–Trinajstić information content (AvgIpc) is 1.88. The Morgan fingerprint density at radius 1 is 1.70 bits per heavy atom. The monoisotopic (exact) mass is 197 g/mol. The molecule has 0 unspecified atom stereocenters. The molecule has 0 saturated heterocycles. The van der Waals surface area contributed by atoms with Crippen LogP contribution in [0, 0.1) is 0 Å². The average molecular weight is 198 g/mol. The summed E-state index contributed by atoms with van der Waals surface area (Å²) in [6, 6.07) is 1.74. The first kappa shape index (κ1) is 7.76. The van der Waals surface area contributed by atoms with Crippen LogP contribution in [0.25, 0.3) is 0 Å². The van der Waals surface area contributed by atoms with Crippen molar-refractivity contribution in [2.24, 2.45) is 0 Å². The second-order valence-corrected chi connectivity index (χ2v) is 2.67. The van der Waals surface area contributed by atoms with Gasteiger partial charge in [-0.05, 0) is 11.7 Å². The number of hydrogen-bond acceptors (Lipinski definition) is 2. The molecule has 1 aromatic heterocycles. The van der Waals surface area contributed by atoms with Crippen LogP contribution < -0.4 is 5.59 Å². The molecule has 0 atom stereocenters. The highest BCUT2D eigenvalue weighted by Gasteiger charge is 2.00. The minimum Gasteiger partial charge on any atom is -0.392 e. The molecule has 0 aliphatic heterocycles. The lowest BCUT2D eigenvalue weighted by Crippen LogP contribution is -2.14. The van der Waals surface area contributed by atoms with Crippen LogP contribution in [0.15, 0.2) is 16.7 Å². The van der Waals surface area contributed by atoms with Crippen LogP contribution in [-0.4, -0.2) is 17.9 Å². The predicted molar refractivity (Wildman–Crippen MR) is 43.2 cm³/mol. The molecule has 1 heterocycles. The topological polar surface area (TPSA) is 33.1 Å². The van der Waals surface area contributed by atoms with Crippen molar-refractivity contribution in [2.75, 3.05) is 0 Å². The van der Waals surface area contributed by atoms with Gasteiger partial charge in [-0.1, -0.05) is 15.9 Å². The number of rotatable bonds is 1. The van der Waals surface area contributed by atoms with Crippen molar-refractivity contribution in [2.45, 2.75) is 6.61 Å². The molecule has 1 N–H and O–H groups in total. The number of aromatic nitrogens is 1. The fraction of sp³-hybridized carbons (Fsp3) is 0.167. The third-order valence-corrected chi connectivity index (χ3v) is 1.93. The Bertz CT molecular complexity index is 221. The zero-order valence-electron chi connectivity index (χ0n) is 5.21. The molecular formula is C6H5BBrNO. The van der Waals surface area contributed by atoms with E-state index in [-0.39, 0.29) is 6.61 Å². The van der Waals surface area contributed by atoms with Crippen molar-refractivity contribution >= 4 is 29.4 Å². The molecule has 0 saturated carbocycles. The minimum absolute atomic E-state index is 0.0831. The standard InChI is InChI=1S/C6H5BBrNO/c7-6-4(3-10)5(8)1-2-9-6/h1-2,10H,3H2. The maximum atomic E-state index is 8.75. The SMILES string of the molecule is [B]c1nccc(Br)c1CO. The van der Waals surface area contributed by atoms with Gasteiger partial charge in [-0.2, -0.15) is 0 Å². The second kappa shape index (κ2) is 3.17. The number of halogens is 1. The van der Waals surface area contributed by atoms with Crippen molar-refractivity contribution < 1.29 is 5.11 Å². The third-order valence-electron chi connectivity index (χ3n) is 1.19. The zero-order valence-corrected chi connectivity index (χ0v) is 6.80. The first-order chi connectivity index (χ1) is 4.75. The summed E-state index contributed by atoms with van der Waals surface area (Å²) in [5.74, 6) is 0. The lowest BCUT2D eigenvalue weighted by atomic mass is 9.98. The summed E-state index contributed by atoms with van der Waals surface area (Å²) in [7, 11) is 5.43. The molecule has 10 heavy (non-hydrogen) atoms. The van der Waals surface area contributed by atoms with Gasteiger partial charge < -0.3 is 5.11 Å². The van der Waals surface area contributed by atoms with Crippen LogP contribution in [0.3, 0.4) is 0 Å². The van der Waals surface area contributed by atoms with E-state index >= 15 is 0 Å². The largest absolute Gasteiger partial charge is 0.392 e. The molecule has 0 aliphatic rings. The molecule has 0 aliphatic carbocycles. The van der Waals surface area contributed by atoms with E-state index in [0.29, 0.717) is 11.2 Å². The summed E-state index contributed by atoms with van der Waals surface area (Å²) in [5, 5.41) is 8.75. The number of hydrogen-bond donors (Lipinski definition) is 1. The van der Waals surface area contributed by atoms with Gasteiger partial charge in [-0.15, -0.1) is 0 Å². The molecule has 0 bridgehead atoms. The van der Waals surface area contributed by atoms with Crippen molar-refractivity contribution in [1.82, 2.24) is 4.98 Å². The van der Waals surface area contributed by atoms with E-state index in [1.165, 1.54) is 0 Å². The number of pyridine rings is 1. The van der Waals surface area contributed by atoms with Crippen LogP contribution >= 0.6 is 15.9 Å². The lowest BCUT2D eigenvalue weighted by molar-refractivity contribution is 0.282. The number of nitrogens with zero attached hydrogens (tertiary/aromatic N) is 1. The Hall–Kier alpha value is -0.345. The Morgan fingerprint density at radius 3 is 2.80 bits per heavy atom. The quantitative estimate of drug-likeness (QED) is 0.650. The van der Waals surface area contributed by atoms with Crippen LogP contribution in [0.1, 0.15) is 5.56 Å². The summed E-state index contributed by atoms with van der Waals surface area (Å²) in [6.07, 6.45) is 1.58. The normalized spacial score (nSPS) is 9.80. The predicted octanol–water partition coefficient (Wildman–Crippen LogP) is 0.130. The first-order valence-corrected chi connectivity index (χ1v) is 3.54. The lowest BCUT2D eigenvalue weighted by Gasteiger charge is -2.02. The Balaban J connectivity index is 3.17. The second-order valence-electron chi connectivity index (χ2n) is 1.81. The molecule has 0 amide bonds. The third kappa shape index (κ3) is 1.38. The summed E-state index contributed by atoms with van der Waals surface area (Å²) >= 11 is 3.23. The van der Waals surface area contributed by atoms with E-state index in [2.05, 4.69) is 20.9 Å². The van der Waals surface area contributed by atoms with E-state index < -0.39 is 0 Å². The van der Waals surface area contributed by atoms with Crippen LogP contribution in [0.2, 0.25) is 0 Å². The van der Waals surface area contributed by atoms with E-state index in [0.717, 1.165) is 4.47 Å². The molecule has 2 radical (unpaired) electrons. The molecule has 4 heteroatoms. The Morgan fingerprint density at radius 2 is 2.40 bits per heavy atom. The van der Waals surface area contributed by atoms with E-state index in [9.17, 15) is 0 Å². The highest BCUT2D eigenvalue weighted by molar-refractivity contribution is 9.10. The van der Waals surface area contributed by atoms with Crippen molar-refractivity contribution in [3.8, 4) is 0 Å². The number of aliphatic hydroxyl groups is 1. The molecular weight excluding hydrogens is 193 g/mol. The van der Waals surface area contributed by atoms with Gasteiger partial charge in [0.25, 0.3) is 0 Å². The Kier molecular flexibility index (Phi) is 2.46. The summed E-state index contributed by atoms with van der Waals surface area (Å²) in [5.41, 5.74) is 1.01. The van der Waals surface area contributed by atoms with Crippen molar-refractivity contribution in [3.63, 3.8) is 0 Å². The summed E-state index contributed by atoms with van der Waals surface area (Å²) < 4.78 is 0.794. The van der Waals surface area contributed by atoms with E-state index in [1.54, 1.807) is 12.3 Å². The van der Waals surface area contributed by atoms with Gasteiger partial charge in [0.15, 0.2) is 0 Å². The van der Waals surface area contributed by atoms with Gasteiger partial charge in [0.2, 0.25) is 0 Å². The smallest absolute Gasteiger partial charge is 0.142 e. The summed E-state index contributed by atoms with van der Waals surface area (Å²) in [6.45, 7) is -0.0831. The van der Waals surface area contributed by atoms with E-state index in [4.69, 9.17) is 13.0 Å². The fourth-order valence-corrected chi connectivity index (χ4v) is 1.09. The van der Waals surface area contributed by atoms with Crippen molar-refractivity contribution in [1.29, 1.82) is 0 Å².